The third-order valence-corrected chi connectivity index (χ3v) is 12.8. The van der Waals surface area contributed by atoms with E-state index in [0.717, 1.165) is 28.1 Å². The van der Waals surface area contributed by atoms with Crippen LogP contribution in [0.2, 0.25) is 0 Å². The van der Waals surface area contributed by atoms with Crippen LogP contribution in [0.1, 0.15) is 25.0 Å². The highest BCUT2D eigenvalue weighted by molar-refractivity contribution is 6.26. The number of para-hydroxylation sites is 3. The number of hydrogen-bond acceptors (Lipinski definition) is 1. The lowest BCUT2D eigenvalue weighted by atomic mass is 9.79. The van der Waals surface area contributed by atoms with E-state index in [1.807, 2.05) is 0 Å². The number of fused-ring (bicyclic) bond motifs is 9. The first-order valence-electron chi connectivity index (χ1n) is 20.2. The highest BCUT2D eigenvalue weighted by atomic mass is 15.1. The monoisotopic (exact) mass is 738 g/mol. The van der Waals surface area contributed by atoms with Gasteiger partial charge in [0.2, 0.25) is 0 Å². The van der Waals surface area contributed by atoms with Crippen LogP contribution in [-0.4, -0.2) is 9.55 Å². The average molecular weight is 739 g/mol. The Morgan fingerprint density at radius 2 is 1.00 bits per heavy atom. The lowest BCUT2D eigenvalue weighted by Gasteiger charge is -2.24. The molecule has 0 radical (unpaired) electrons. The number of aromatic nitrogens is 2. The Hall–Kier alpha value is -7.29. The summed E-state index contributed by atoms with van der Waals surface area (Å²) in [4.78, 5) is 5.19. The number of nitrogens with zero attached hydrogens (tertiary/aromatic N) is 2. The van der Waals surface area contributed by atoms with Gasteiger partial charge in [0, 0.05) is 16.7 Å². The van der Waals surface area contributed by atoms with Crippen LogP contribution >= 0.6 is 0 Å². The second-order valence-electron chi connectivity index (χ2n) is 16.3. The highest BCUT2D eigenvalue weighted by Crippen LogP contribution is 2.54. The van der Waals surface area contributed by atoms with Crippen molar-refractivity contribution < 1.29 is 0 Å². The van der Waals surface area contributed by atoms with Gasteiger partial charge in [-0.3, -0.25) is 4.57 Å². The minimum atomic E-state index is -0.138. The summed E-state index contributed by atoms with van der Waals surface area (Å²) in [7, 11) is 0. The molecule has 0 aliphatic heterocycles. The largest absolute Gasteiger partial charge is 0.292 e. The molecule has 2 nitrogen and oxygen atoms in total. The quantitative estimate of drug-likeness (QED) is 0.130. The zero-order valence-electron chi connectivity index (χ0n) is 32.4. The Bertz CT molecular complexity index is 3460. The fourth-order valence-corrected chi connectivity index (χ4v) is 10.1. The van der Waals surface area contributed by atoms with Crippen molar-refractivity contribution in [3.05, 3.63) is 205 Å². The summed E-state index contributed by atoms with van der Waals surface area (Å²) >= 11 is 0. The zero-order chi connectivity index (χ0) is 38.5. The molecule has 58 heavy (non-hydrogen) atoms. The number of rotatable bonds is 4. The molecule has 1 aromatic heterocycles. The maximum Gasteiger partial charge on any atom is 0.145 e. The van der Waals surface area contributed by atoms with Crippen LogP contribution in [0.25, 0.3) is 105 Å². The van der Waals surface area contributed by atoms with E-state index in [1.165, 1.54) is 87.6 Å². The third kappa shape index (κ3) is 4.69. The van der Waals surface area contributed by atoms with Crippen molar-refractivity contribution in [3.63, 3.8) is 0 Å². The molecular weight excluding hydrogens is 701 g/mol. The summed E-state index contributed by atoms with van der Waals surface area (Å²) < 4.78 is 2.28. The maximum atomic E-state index is 5.19. The van der Waals surface area contributed by atoms with Crippen molar-refractivity contribution in [1.29, 1.82) is 0 Å². The van der Waals surface area contributed by atoms with Crippen LogP contribution in [-0.2, 0) is 5.41 Å². The molecule has 272 valence electrons. The van der Waals surface area contributed by atoms with Gasteiger partial charge in [0.25, 0.3) is 0 Å². The van der Waals surface area contributed by atoms with E-state index >= 15 is 0 Å². The molecule has 1 heterocycles. The highest BCUT2D eigenvalue weighted by Gasteiger charge is 2.36. The zero-order valence-corrected chi connectivity index (χ0v) is 32.4. The molecule has 0 saturated heterocycles. The van der Waals surface area contributed by atoms with Gasteiger partial charge in [-0.1, -0.05) is 166 Å². The lowest BCUT2D eigenvalue weighted by Crippen LogP contribution is -2.14. The van der Waals surface area contributed by atoms with Gasteiger partial charge in [0.15, 0.2) is 0 Å². The van der Waals surface area contributed by atoms with Crippen LogP contribution in [0.3, 0.4) is 0 Å². The summed E-state index contributed by atoms with van der Waals surface area (Å²) in [6.07, 6.45) is 0. The van der Waals surface area contributed by atoms with Gasteiger partial charge in [0.1, 0.15) is 5.82 Å². The van der Waals surface area contributed by atoms with Gasteiger partial charge in [-0.15, -0.1) is 0 Å². The molecule has 0 saturated carbocycles. The first kappa shape index (κ1) is 32.9. The van der Waals surface area contributed by atoms with Crippen molar-refractivity contribution in [2.24, 2.45) is 0 Å². The van der Waals surface area contributed by atoms with Gasteiger partial charge in [0.05, 0.1) is 11.0 Å². The molecule has 11 aromatic rings. The van der Waals surface area contributed by atoms with E-state index in [0.29, 0.717) is 0 Å². The van der Waals surface area contributed by atoms with E-state index in [-0.39, 0.29) is 5.41 Å². The SMILES string of the molecule is CC1(C)c2ccccc2-c2cc3c(-c4ccc(-c5nc6ccccc6n5-c5ccccc5)cc4)c4ccccc4c(-c4cc5ccccc5c5ccccc45)c3cc21. The summed E-state index contributed by atoms with van der Waals surface area (Å²) in [5, 5.41) is 10.1. The molecule has 0 fully saturated rings. The molecule has 1 aliphatic carbocycles. The molecule has 0 amide bonds. The molecule has 0 unspecified atom stereocenters. The maximum absolute atomic E-state index is 5.19. The van der Waals surface area contributed by atoms with Crippen molar-refractivity contribution in [1.82, 2.24) is 9.55 Å². The minimum absolute atomic E-state index is 0.138. The first-order chi connectivity index (χ1) is 28.5. The van der Waals surface area contributed by atoms with Crippen LogP contribution in [0.15, 0.2) is 194 Å². The van der Waals surface area contributed by atoms with Crippen LogP contribution in [0.4, 0.5) is 0 Å². The Morgan fingerprint density at radius 3 is 1.81 bits per heavy atom. The topological polar surface area (TPSA) is 17.8 Å². The third-order valence-electron chi connectivity index (χ3n) is 12.8. The summed E-state index contributed by atoms with van der Waals surface area (Å²) in [6.45, 7) is 4.77. The molecule has 1 aliphatic rings. The Kier molecular flexibility index (Phi) is 7.01. The average Bonchev–Trinajstić information content (AvgIpc) is 3.77. The van der Waals surface area contributed by atoms with E-state index in [9.17, 15) is 0 Å². The lowest BCUT2D eigenvalue weighted by molar-refractivity contribution is 0.661. The number of imidazole rings is 1. The molecule has 0 atom stereocenters. The molecule has 0 N–H and O–H groups in total. The van der Waals surface area contributed by atoms with E-state index < -0.39 is 0 Å². The van der Waals surface area contributed by atoms with Crippen molar-refractivity contribution in [2.45, 2.75) is 19.3 Å². The van der Waals surface area contributed by atoms with Crippen molar-refractivity contribution >= 4 is 54.1 Å². The Balaban J connectivity index is 1.16. The smallest absolute Gasteiger partial charge is 0.145 e. The molecule has 12 rings (SSSR count). The number of benzene rings is 10. The van der Waals surface area contributed by atoms with Crippen LogP contribution < -0.4 is 0 Å². The fourth-order valence-electron chi connectivity index (χ4n) is 10.1. The van der Waals surface area contributed by atoms with Gasteiger partial charge < -0.3 is 0 Å². The van der Waals surface area contributed by atoms with Crippen LogP contribution in [0.5, 0.6) is 0 Å². The number of hydrogen-bond donors (Lipinski definition) is 0. The minimum Gasteiger partial charge on any atom is -0.292 e. The van der Waals surface area contributed by atoms with Crippen molar-refractivity contribution in [2.75, 3.05) is 0 Å². The Morgan fingerprint density at radius 1 is 0.397 bits per heavy atom. The van der Waals surface area contributed by atoms with E-state index in [1.54, 1.807) is 0 Å². The molecule has 0 bridgehead atoms. The summed E-state index contributed by atoms with van der Waals surface area (Å²) in [6, 6.07) is 71.4. The Labute approximate surface area is 337 Å². The molecular formula is C56H38N2. The second-order valence-corrected chi connectivity index (χ2v) is 16.3. The van der Waals surface area contributed by atoms with Gasteiger partial charge in [-0.2, -0.15) is 0 Å². The fraction of sp³-hybridized carbons (Fsp3) is 0.0536. The second kappa shape index (κ2) is 12.4. The predicted octanol–water partition coefficient (Wildman–Crippen LogP) is 14.9. The summed E-state index contributed by atoms with van der Waals surface area (Å²) in [5.41, 5.74) is 14.5. The predicted molar refractivity (Wildman–Crippen MR) is 245 cm³/mol. The molecule has 0 spiro atoms. The summed E-state index contributed by atoms with van der Waals surface area (Å²) in [5.74, 6) is 0.934. The normalized spacial score (nSPS) is 13.1. The van der Waals surface area contributed by atoms with E-state index in [2.05, 4.69) is 213 Å². The standard InChI is InChI=1S/C56H38N2/c1-56(2)49-25-13-12-22-42(49)45-33-47-48(34-50(45)56)54(46-32-37-16-6-7-19-39(37)40-20-8-9-21-41(40)46)44-24-11-10-23-43(44)53(47)35-28-30-36(31-29-35)55-57-51-26-14-15-27-52(51)58(55)38-17-4-3-5-18-38/h3-34H,1-2H3. The van der Waals surface area contributed by atoms with Gasteiger partial charge in [-0.05, 0) is 130 Å². The molecule has 10 aromatic carbocycles. The first-order valence-corrected chi connectivity index (χ1v) is 20.2. The van der Waals surface area contributed by atoms with Gasteiger partial charge >= 0.3 is 0 Å². The van der Waals surface area contributed by atoms with Crippen LogP contribution in [0, 0.1) is 0 Å². The molecule has 2 heteroatoms. The van der Waals surface area contributed by atoms with E-state index in [4.69, 9.17) is 4.98 Å². The van der Waals surface area contributed by atoms with Gasteiger partial charge in [-0.25, -0.2) is 4.98 Å². The van der Waals surface area contributed by atoms with Crippen molar-refractivity contribution in [3.8, 4) is 50.5 Å².